The van der Waals surface area contributed by atoms with Gasteiger partial charge in [-0.1, -0.05) is 11.6 Å². The molecule has 0 radical (unpaired) electrons. The Kier molecular flexibility index (Phi) is 3.58. The maximum absolute atomic E-state index is 11.8. The van der Waals surface area contributed by atoms with Crippen molar-refractivity contribution < 1.29 is 4.79 Å². The van der Waals surface area contributed by atoms with E-state index < -0.39 is 0 Å². The Morgan fingerprint density at radius 3 is 2.88 bits per heavy atom. The summed E-state index contributed by atoms with van der Waals surface area (Å²) in [5, 5.41) is 2.98. The minimum absolute atomic E-state index is 0.189. The number of hydrogen-bond donors (Lipinski definition) is 1. The number of halogens is 2. The molecule has 0 aromatic carbocycles. The first-order chi connectivity index (χ1) is 7.66. The molecule has 2 rings (SSSR count). The number of amides is 1. The van der Waals surface area contributed by atoms with Gasteiger partial charge in [-0.15, -0.1) is 11.3 Å². The fourth-order valence-corrected chi connectivity index (χ4v) is 2.55. The number of rotatable bonds is 2. The summed E-state index contributed by atoms with van der Waals surface area (Å²) in [6, 6.07) is 6.99. The van der Waals surface area contributed by atoms with Crippen LogP contribution in [0.25, 0.3) is 0 Å². The highest BCUT2D eigenvalue weighted by atomic mass is 79.9. The summed E-state index contributed by atoms with van der Waals surface area (Å²) in [6.45, 7) is 0. The molecule has 0 spiro atoms. The van der Waals surface area contributed by atoms with Crippen molar-refractivity contribution in [1.29, 1.82) is 0 Å². The van der Waals surface area contributed by atoms with Crippen LogP contribution in [0.3, 0.4) is 0 Å². The number of nitrogens with zero attached hydrogens (tertiary/aromatic N) is 1. The van der Waals surface area contributed by atoms with Crippen LogP contribution in [0.4, 0.5) is 5.69 Å². The minimum Gasteiger partial charge on any atom is -0.319 e. The van der Waals surface area contributed by atoms with Gasteiger partial charge < -0.3 is 5.32 Å². The van der Waals surface area contributed by atoms with Crippen molar-refractivity contribution in [2.75, 3.05) is 5.32 Å². The summed E-state index contributed by atoms with van der Waals surface area (Å²) in [5.74, 6) is -0.189. The van der Waals surface area contributed by atoms with Crippen LogP contribution in [0.2, 0.25) is 5.15 Å². The van der Waals surface area contributed by atoms with E-state index in [0.29, 0.717) is 10.6 Å². The Morgan fingerprint density at radius 1 is 1.44 bits per heavy atom. The number of aromatic nitrogens is 1. The van der Waals surface area contributed by atoms with Crippen LogP contribution in [-0.2, 0) is 0 Å². The molecular formula is C10H6BrClN2OS. The van der Waals surface area contributed by atoms with Crippen molar-refractivity contribution in [3.63, 3.8) is 0 Å². The van der Waals surface area contributed by atoms with E-state index in [1.54, 1.807) is 24.4 Å². The summed E-state index contributed by atoms with van der Waals surface area (Å²) in [7, 11) is 0. The highest BCUT2D eigenvalue weighted by molar-refractivity contribution is 9.11. The van der Waals surface area contributed by atoms with Gasteiger partial charge in [0.1, 0.15) is 0 Å². The molecule has 0 atom stereocenters. The van der Waals surface area contributed by atoms with E-state index in [4.69, 9.17) is 11.6 Å². The van der Waals surface area contributed by atoms with Gasteiger partial charge >= 0.3 is 0 Å². The van der Waals surface area contributed by atoms with Crippen LogP contribution in [0.5, 0.6) is 0 Å². The molecule has 1 N–H and O–H groups in total. The summed E-state index contributed by atoms with van der Waals surface area (Å²) in [4.78, 5) is 16.3. The predicted octanol–water partition coefficient (Wildman–Crippen LogP) is 3.81. The first-order valence-electron chi connectivity index (χ1n) is 4.34. The van der Waals surface area contributed by atoms with Crippen molar-refractivity contribution >= 4 is 50.5 Å². The fourth-order valence-electron chi connectivity index (χ4n) is 1.10. The van der Waals surface area contributed by atoms with E-state index in [-0.39, 0.29) is 11.1 Å². The second-order valence-corrected chi connectivity index (χ2v) is 5.72. The summed E-state index contributed by atoms with van der Waals surface area (Å²) in [5.41, 5.74) is 0.513. The average Bonchev–Trinajstić information content (AvgIpc) is 2.68. The fraction of sp³-hybridized carbons (Fsp3) is 0. The lowest BCUT2D eigenvalue weighted by molar-refractivity contribution is 0.103. The zero-order valence-corrected chi connectivity index (χ0v) is 11.1. The maximum atomic E-state index is 11.8. The second kappa shape index (κ2) is 4.95. The molecule has 0 aliphatic rings. The topological polar surface area (TPSA) is 42.0 Å². The normalized spacial score (nSPS) is 10.1. The number of carbonyl (C=O) groups excluding carboxylic acids is 1. The van der Waals surface area contributed by atoms with Crippen LogP contribution in [-0.4, -0.2) is 10.9 Å². The van der Waals surface area contributed by atoms with Gasteiger partial charge in [-0.25, -0.2) is 4.98 Å². The number of anilines is 1. The van der Waals surface area contributed by atoms with E-state index in [1.165, 1.54) is 11.3 Å². The standard InChI is InChI=1S/C10H6BrClN2OS/c11-8-4-3-7(16-8)10(15)14-6-2-1-5-13-9(6)12/h1-5H,(H,14,15). The van der Waals surface area contributed by atoms with E-state index in [2.05, 4.69) is 26.2 Å². The number of pyridine rings is 1. The molecule has 0 bridgehead atoms. The Bertz CT molecular complexity index is 529. The molecule has 2 heterocycles. The van der Waals surface area contributed by atoms with Crippen LogP contribution in [0.1, 0.15) is 9.67 Å². The van der Waals surface area contributed by atoms with Gasteiger partial charge in [-0.05, 0) is 40.2 Å². The van der Waals surface area contributed by atoms with E-state index in [9.17, 15) is 4.79 Å². The Hall–Kier alpha value is -0.910. The Labute approximate surface area is 110 Å². The molecule has 0 unspecified atom stereocenters. The number of nitrogens with one attached hydrogen (secondary N) is 1. The Morgan fingerprint density at radius 2 is 2.25 bits per heavy atom. The third-order valence-corrected chi connectivity index (χ3v) is 3.73. The molecular weight excluding hydrogens is 312 g/mol. The van der Waals surface area contributed by atoms with E-state index >= 15 is 0 Å². The van der Waals surface area contributed by atoms with Crippen molar-refractivity contribution in [1.82, 2.24) is 4.98 Å². The quantitative estimate of drug-likeness (QED) is 0.856. The van der Waals surface area contributed by atoms with Crippen molar-refractivity contribution in [3.8, 4) is 0 Å². The van der Waals surface area contributed by atoms with Crippen LogP contribution < -0.4 is 5.32 Å². The van der Waals surface area contributed by atoms with Crippen molar-refractivity contribution in [3.05, 3.63) is 44.3 Å². The van der Waals surface area contributed by atoms with Gasteiger partial charge in [-0.3, -0.25) is 4.79 Å². The predicted molar refractivity (Wildman–Crippen MR) is 69.2 cm³/mol. The third kappa shape index (κ3) is 2.61. The maximum Gasteiger partial charge on any atom is 0.265 e. The van der Waals surface area contributed by atoms with E-state index in [0.717, 1.165) is 3.79 Å². The molecule has 1 amide bonds. The molecule has 0 fully saturated rings. The zero-order chi connectivity index (χ0) is 11.5. The second-order valence-electron chi connectivity index (χ2n) is 2.90. The van der Waals surface area contributed by atoms with Gasteiger partial charge in [-0.2, -0.15) is 0 Å². The van der Waals surface area contributed by atoms with Gasteiger partial charge in [0.05, 0.1) is 14.4 Å². The molecule has 0 saturated carbocycles. The molecule has 2 aromatic heterocycles. The zero-order valence-electron chi connectivity index (χ0n) is 7.91. The van der Waals surface area contributed by atoms with E-state index in [1.807, 2.05) is 6.07 Å². The minimum atomic E-state index is -0.189. The van der Waals surface area contributed by atoms with Gasteiger partial charge in [0.2, 0.25) is 0 Å². The highest BCUT2D eigenvalue weighted by Gasteiger charge is 2.10. The average molecular weight is 318 g/mol. The third-order valence-electron chi connectivity index (χ3n) is 1.80. The molecule has 16 heavy (non-hydrogen) atoms. The smallest absolute Gasteiger partial charge is 0.265 e. The van der Waals surface area contributed by atoms with Gasteiger partial charge in [0, 0.05) is 6.20 Å². The van der Waals surface area contributed by atoms with Crippen LogP contribution in [0.15, 0.2) is 34.2 Å². The molecule has 82 valence electrons. The lowest BCUT2D eigenvalue weighted by Crippen LogP contribution is -2.10. The first-order valence-corrected chi connectivity index (χ1v) is 6.33. The van der Waals surface area contributed by atoms with Gasteiger partial charge in [0.25, 0.3) is 5.91 Å². The van der Waals surface area contributed by atoms with Gasteiger partial charge in [0.15, 0.2) is 5.15 Å². The number of carbonyl (C=O) groups is 1. The number of hydrogen-bond acceptors (Lipinski definition) is 3. The molecule has 0 aliphatic heterocycles. The summed E-state index contributed by atoms with van der Waals surface area (Å²) < 4.78 is 0.912. The largest absolute Gasteiger partial charge is 0.319 e. The molecule has 3 nitrogen and oxygen atoms in total. The lowest BCUT2D eigenvalue weighted by Gasteiger charge is -2.03. The summed E-state index contributed by atoms with van der Waals surface area (Å²) in [6.07, 6.45) is 1.57. The highest BCUT2D eigenvalue weighted by Crippen LogP contribution is 2.24. The molecule has 6 heteroatoms. The van der Waals surface area contributed by atoms with Crippen LogP contribution >= 0.6 is 38.9 Å². The molecule has 0 aliphatic carbocycles. The van der Waals surface area contributed by atoms with Crippen LogP contribution in [0, 0.1) is 0 Å². The SMILES string of the molecule is O=C(Nc1cccnc1Cl)c1ccc(Br)s1. The van der Waals surface area contributed by atoms with Crippen molar-refractivity contribution in [2.45, 2.75) is 0 Å². The first kappa shape index (κ1) is 11.6. The Balaban J connectivity index is 2.17. The monoisotopic (exact) mass is 316 g/mol. The lowest BCUT2D eigenvalue weighted by atomic mass is 10.4. The summed E-state index contributed by atoms with van der Waals surface area (Å²) >= 11 is 10.5. The molecule has 0 saturated heterocycles. The molecule has 2 aromatic rings. The van der Waals surface area contributed by atoms with Crippen molar-refractivity contribution in [2.24, 2.45) is 0 Å². The number of thiophene rings is 1.